The van der Waals surface area contributed by atoms with Crippen LogP contribution in [0.1, 0.15) is 100 Å². The lowest BCUT2D eigenvalue weighted by atomic mass is 9.89. The molecule has 252 valence electrons. The van der Waals surface area contributed by atoms with Gasteiger partial charge in [-0.2, -0.15) is 9.97 Å². The molecule has 2 aromatic heterocycles. The van der Waals surface area contributed by atoms with Crippen LogP contribution in [0.3, 0.4) is 0 Å². The lowest BCUT2D eigenvalue weighted by Gasteiger charge is -2.37. The number of hydrogen-bond donors (Lipinski definition) is 3. The molecule has 4 aliphatic rings. The van der Waals surface area contributed by atoms with Crippen LogP contribution in [0.2, 0.25) is 0 Å². The number of rotatable bonds is 8. The molecule has 3 aromatic rings. The number of amides is 1. The van der Waals surface area contributed by atoms with Gasteiger partial charge < -0.3 is 30.5 Å². The lowest BCUT2D eigenvalue weighted by Crippen LogP contribution is -2.49. The number of aromatic nitrogens is 4. The molecule has 0 spiro atoms. The van der Waals surface area contributed by atoms with Crippen molar-refractivity contribution in [1.82, 2.24) is 34.8 Å². The zero-order valence-electron chi connectivity index (χ0n) is 27.5. The van der Waals surface area contributed by atoms with E-state index in [9.17, 15) is 9.59 Å². The zero-order chi connectivity index (χ0) is 32.5. The molecule has 3 fully saturated rings. The van der Waals surface area contributed by atoms with E-state index in [4.69, 9.17) is 15.0 Å². The van der Waals surface area contributed by atoms with Gasteiger partial charge in [-0.15, -0.1) is 0 Å². The monoisotopic (exact) mass is 645 g/mol. The van der Waals surface area contributed by atoms with Gasteiger partial charge in [0.2, 0.25) is 11.8 Å². The van der Waals surface area contributed by atoms with E-state index in [1.807, 2.05) is 24.8 Å². The normalized spacial score (nSPS) is 22.3. The number of ether oxygens (including phenoxy) is 1. The molecular weight excluding hydrogens is 598 g/mol. The minimum absolute atomic E-state index is 0.101. The maximum Gasteiger partial charge on any atom is 0.350 e. The number of fused-ring (bicyclic) bond motifs is 2. The molecule has 2 saturated heterocycles. The summed E-state index contributed by atoms with van der Waals surface area (Å²) in [7, 11) is 0. The molecule has 3 aliphatic heterocycles. The van der Waals surface area contributed by atoms with Crippen LogP contribution in [-0.2, 0) is 11.3 Å². The number of anilines is 2. The number of carbonyl (C=O) groups is 1. The first kappa shape index (κ1) is 31.8. The van der Waals surface area contributed by atoms with Gasteiger partial charge in [-0.25, -0.2) is 4.79 Å². The van der Waals surface area contributed by atoms with Gasteiger partial charge in [-0.3, -0.25) is 14.3 Å². The highest BCUT2D eigenvalue weighted by Crippen LogP contribution is 2.43. The van der Waals surface area contributed by atoms with E-state index in [1.165, 1.54) is 5.56 Å². The fourth-order valence-corrected chi connectivity index (χ4v) is 7.45. The summed E-state index contributed by atoms with van der Waals surface area (Å²) in [6.45, 7) is 8.28. The smallest absolute Gasteiger partial charge is 0.350 e. The van der Waals surface area contributed by atoms with Crippen LogP contribution in [0.15, 0.2) is 33.7 Å². The van der Waals surface area contributed by atoms with Gasteiger partial charge in [-0.05, 0) is 101 Å². The summed E-state index contributed by atoms with van der Waals surface area (Å²) < 4.78 is 13.5. The van der Waals surface area contributed by atoms with Crippen molar-refractivity contribution in [2.75, 3.05) is 38.0 Å². The Morgan fingerprint density at radius 3 is 2.53 bits per heavy atom. The Bertz CT molecular complexity index is 1620. The molecule has 13 heteroatoms. The van der Waals surface area contributed by atoms with Gasteiger partial charge >= 0.3 is 5.69 Å². The van der Waals surface area contributed by atoms with Crippen molar-refractivity contribution in [1.29, 1.82) is 0 Å². The van der Waals surface area contributed by atoms with E-state index in [0.29, 0.717) is 42.3 Å². The van der Waals surface area contributed by atoms with Crippen LogP contribution in [0, 0.1) is 0 Å². The molecule has 7 rings (SSSR count). The van der Waals surface area contributed by atoms with Gasteiger partial charge in [0.15, 0.2) is 23.1 Å². The molecule has 0 atom stereocenters. The van der Waals surface area contributed by atoms with Gasteiger partial charge in [0, 0.05) is 24.0 Å². The highest BCUT2D eigenvalue weighted by Gasteiger charge is 2.31. The van der Waals surface area contributed by atoms with Crippen molar-refractivity contribution in [3.05, 3.63) is 52.2 Å². The summed E-state index contributed by atoms with van der Waals surface area (Å²) in [5.41, 5.74) is 7.84. The molecule has 0 bridgehead atoms. The second kappa shape index (κ2) is 13.7. The summed E-state index contributed by atoms with van der Waals surface area (Å²) in [5.74, 6) is 3.57. The first-order valence-electron chi connectivity index (χ1n) is 17.3. The average molecular weight is 646 g/mol. The van der Waals surface area contributed by atoms with E-state index in [-0.39, 0.29) is 35.6 Å². The molecule has 13 nitrogen and oxygen atoms in total. The van der Waals surface area contributed by atoms with E-state index in [2.05, 4.69) is 42.8 Å². The van der Waals surface area contributed by atoms with E-state index < -0.39 is 0 Å². The highest BCUT2D eigenvalue weighted by atomic mass is 16.5. The third kappa shape index (κ3) is 7.07. The molecule has 1 saturated carbocycles. The topological polar surface area (TPSA) is 157 Å². The lowest BCUT2D eigenvalue weighted by molar-refractivity contribution is -0.136. The fourth-order valence-electron chi connectivity index (χ4n) is 7.45. The van der Waals surface area contributed by atoms with Crippen molar-refractivity contribution in [2.24, 2.45) is 5.73 Å². The van der Waals surface area contributed by atoms with Gasteiger partial charge in [0.25, 0.3) is 0 Å². The maximum atomic E-state index is 13.7. The molecule has 1 amide bonds. The van der Waals surface area contributed by atoms with Crippen molar-refractivity contribution in [2.45, 2.75) is 102 Å². The molecule has 1 aromatic carbocycles. The van der Waals surface area contributed by atoms with Crippen LogP contribution in [0.5, 0.6) is 11.5 Å². The SMILES string of the molecule is CC(C)c1noc(CN(C(=O)CN2CCC(c3ccc4c(c3)Nc3nc(=O)n(C5CCC(N)CC5)cc3O4)CC2)C2CCNCC2)n1. The van der Waals surface area contributed by atoms with Crippen molar-refractivity contribution < 1.29 is 14.1 Å². The third-order valence-electron chi connectivity index (χ3n) is 10.3. The maximum absolute atomic E-state index is 13.7. The minimum Gasteiger partial charge on any atom is -0.450 e. The van der Waals surface area contributed by atoms with Crippen LogP contribution in [0.25, 0.3) is 0 Å². The highest BCUT2D eigenvalue weighted by molar-refractivity contribution is 5.78. The molecule has 5 heterocycles. The third-order valence-corrected chi connectivity index (χ3v) is 10.3. The molecule has 47 heavy (non-hydrogen) atoms. The van der Waals surface area contributed by atoms with Gasteiger partial charge in [0.05, 0.1) is 18.4 Å². The molecule has 4 N–H and O–H groups in total. The largest absolute Gasteiger partial charge is 0.450 e. The standard InChI is InChI=1S/C34H47N9O4/c1-21(2)32-38-30(47-40-32)19-42(26-9-13-36-14-10-26)31(44)20-41-15-11-22(12-16-41)23-3-8-28-27(17-23)37-33-29(46-28)18-43(34(45)39-33)25-6-4-24(35)5-7-25/h3,8,17-18,21-22,24-26,36H,4-7,9-16,19-20,35H2,1-2H3,(H,37,39,45). The predicted molar refractivity (Wildman–Crippen MR) is 177 cm³/mol. The second-order valence-electron chi connectivity index (χ2n) is 13.9. The molecule has 0 unspecified atom stereocenters. The van der Waals surface area contributed by atoms with Crippen molar-refractivity contribution >= 4 is 17.4 Å². The van der Waals surface area contributed by atoms with Crippen LogP contribution < -0.4 is 26.8 Å². The van der Waals surface area contributed by atoms with Crippen LogP contribution >= 0.6 is 0 Å². The molecule has 0 radical (unpaired) electrons. The number of nitrogens with two attached hydrogens (primary N) is 1. The average Bonchev–Trinajstić information content (AvgIpc) is 3.56. The Balaban J connectivity index is 0.969. The first-order valence-corrected chi connectivity index (χ1v) is 17.3. The molecule has 1 aliphatic carbocycles. The van der Waals surface area contributed by atoms with Crippen molar-refractivity contribution in [3.8, 4) is 11.5 Å². The minimum atomic E-state index is -0.266. The van der Waals surface area contributed by atoms with E-state index >= 15 is 0 Å². The fraction of sp³-hybridized carbons (Fsp3) is 0.618. The summed E-state index contributed by atoms with van der Waals surface area (Å²) in [6.07, 6.45) is 9.09. The number of nitrogens with one attached hydrogen (secondary N) is 2. The Kier molecular flexibility index (Phi) is 9.29. The predicted octanol–water partition coefficient (Wildman–Crippen LogP) is 4.00. The summed E-state index contributed by atoms with van der Waals surface area (Å²) in [4.78, 5) is 39.8. The number of likely N-dealkylation sites (tertiary alicyclic amines) is 1. The van der Waals surface area contributed by atoms with Gasteiger partial charge in [-0.1, -0.05) is 25.1 Å². The van der Waals surface area contributed by atoms with E-state index in [1.54, 1.807) is 10.8 Å². The van der Waals surface area contributed by atoms with Gasteiger partial charge in [0.1, 0.15) is 6.54 Å². The second-order valence-corrected chi connectivity index (χ2v) is 13.9. The van der Waals surface area contributed by atoms with Crippen LogP contribution in [-0.4, -0.2) is 80.2 Å². The first-order chi connectivity index (χ1) is 22.8. The number of hydrogen-bond acceptors (Lipinski definition) is 11. The molecular formula is C34H47N9O4. The summed E-state index contributed by atoms with van der Waals surface area (Å²) in [6, 6.07) is 6.73. The summed E-state index contributed by atoms with van der Waals surface area (Å²) >= 11 is 0. The van der Waals surface area contributed by atoms with E-state index in [0.717, 1.165) is 89.0 Å². The Labute approximate surface area is 275 Å². The number of carbonyl (C=O) groups excluding carboxylic acids is 1. The zero-order valence-corrected chi connectivity index (χ0v) is 27.5. The Morgan fingerprint density at radius 2 is 1.81 bits per heavy atom. The number of nitrogens with zero attached hydrogens (tertiary/aromatic N) is 6. The van der Waals surface area contributed by atoms with Crippen LogP contribution in [0.4, 0.5) is 11.5 Å². The quantitative estimate of drug-likeness (QED) is 0.255. The van der Waals surface area contributed by atoms with Crippen molar-refractivity contribution in [3.63, 3.8) is 0 Å². The Hall–Kier alpha value is -3.81. The number of piperidine rings is 2. The number of benzene rings is 1. The Morgan fingerprint density at radius 1 is 1.04 bits per heavy atom. The summed E-state index contributed by atoms with van der Waals surface area (Å²) in [5, 5.41) is 10.9.